The van der Waals surface area contributed by atoms with Crippen molar-refractivity contribution >= 4 is 33.2 Å². The van der Waals surface area contributed by atoms with Crippen molar-refractivity contribution in [3.63, 3.8) is 0 Å². The van der Waals surface area contributed by atoms with Gasteiger partial charge in [0.05, 0.1) is 10.8 Å². The van der Waals surface area contributed by atoms with Crippen LogP contribution < -0.4 is 5.32 Å². The van der Waals surface area contributed by atoms with E-state index in [4.69, 9.17) is 5.11 Å². The number of hydrogen-bond donors (Lipinski definition) is 2. The van der Waals surface area contributed by atoms with Gasteiger partial charge in [-0.05, 0) is 19.3 Å². The van der Waals surface area contributed by atoms with E-state index in [1.165, 1.54) is 21.0 Å². The van der Waals surface area contributed by atoms with Crippen LogP contribution in [-0.4, -0.2) is 59.6 Å². The molecule has 0 radical (unpaired) electrons. The van der Waals surface area contributed by atoms with E-state index >= 15 is 0 Å². The minimum absolute atomic E-state index is 0.00560. The van der Waals surface area contributed by atoms with Gasteiger partial charge >= 0.3 is 5.97 Å². The zero-order valence-corrected chi connectivity index (χ0v) is 15.0. The molecule has 0 aliphatic carbocycles. The number of thiazole rings is 1. The molecule has 0 spiro atoms. The molecule has 1 aliphatic heterocycles. The molecule has 0 aromatic carbocycles. The molecular weight excluding hydrogens is 354 g/mol. The monoisotopic (exact) mass is 375 g/mol. The van der Waals surface area contributed by atoms with Crippen molar-refractivity contribution in [2.45, 2.75) is 38.6 Å². The maximum absolute atomic E-state index is 12.3. The van der Waals surface area contributed by atoms with E-state index in [1.54, 1.807) is 6.92 Å². The first-order valence-corrected chi connectivity index (χ1v) is 10.3. The van der Waals surface area contributed by atoms with Crippen molar-refractivity contribution < 1.29 is 23.1 Å². The van der Waals surface area contributed by atoms with E-state index < -0.39 is 22.0 Å². The summed E-state index contributed by atoms with van der Waals surface area (Å²) in [5, 5.41) is 13.6. The molecule has 1 amide bonds. The molecule has 1 aliphatic rings. The second kappa shape index (κ2) is 8.04. The van der Waals surface area contributed by atoms with Crippen molar-refractivity contribution in [2.24, 2.45) is 0 Å². The highest BCUT2D eigenvalue weighted by atomic mass is 32.2. The number of hydrogen-bond acceptors (Lipinski definition) is 6. The number of nitrogens with one attached hydrogen (secondary N) is 1. The maximum atomic E-state index is 12.3. The van der Waals surface area contributed by atoms with Crippen LogP contribution in [-0.2, 0) is 21.2 Å². The van der Waals surface area contributed by atoms with Gasteiger partial charge in [-0.15, -0.1) is 11.3 Å². The Hall–Kier alpha value is -1.52. The van der Waals surface area contributed by atoms with Crippen molar-refractivity contribution in [3.05, 3.63) is 16.1 Å². The molecule has 2 rings (SSSR count). The highest BCUT2D eigenvalue weighted by Gasteiger charge is 2.37. The number of aromatic nitrogens is 1. The summed E-state index contributed by atoms with van der Waals surface area (Å²) in [5.74, 6) is -1.33. The fourth-order valence-electron chi connectivity index (χ4n) is 2.64. The van der Waals surface area contributed by atoms with Gasteiger partial charge in [0, 0.05) is 24.9 Å². The Kier molecular flexibility index (Phi) is 6.30. The predicted octanol–water partition coefficient (Wildman–Crippen LogP) is 0.704. The third-order valence-corrected chi connectivity index (χ3v) is 6.72. The number of carboxylic acid groups (broad SMARTS) is 1. The molecule has 1 aromatic rings. The lowest BCUT2D eigenvalue weighted by molar-refractivity contribution is -0.124. The van der Waals surface area contributed by atoms with Crippen LogP contribution >= 0.6 is 11.3 Å². The summed E-state index contributed by atoms with van der Waals surface area (Å²) in [4.78, 5) is 27.0. The topological polar surface area (TPSA) is 117 Å². The minimum atomic E-state index is -3.39. The number of carboxylic acids is 1. The highest BCUT2D eigenvalue weighted by molar-refractivity contribution is 7.89. The van der Waals surface area contributed by atoms with Gasteiger partial charge in [-0.25, -0.2) is 18.2 Å². The third-order valence-electron chi connectivity index (χ3n) is 3.73. The van der Waals surface area contributed by atoms with Gasteiger partial charge < -0.3 is 10.4 Å². The van der Waals surface area contributed by atoms with Crippen LogP contribution in [0.15, 0.2) is 5.38 Å². The quantitative estimate of drug-likeness (QED) is 0.691. The third kappa shape index (κ3) is 4.52. The van der Waals surface area contributed by atoms with Crippen LogP contribution in [0.4, 0.5) is 0 Å². The Morgan fingerprint density at radius 3 is 2.88 bits per heavy atom. The predicted molar refractivity (Wildman–Crippen MR) is 89.6 cm³/mol. The summed E-state index contributed by atoms with van der Waals surface area (Å²) in [5.41, 5.74) is -0.00560. The zero-order chi connectivity index (χ0) is 17.7. The lowest BCUT2D eigenvalue weighted by Gasteiger charge is -2.23. The molecule has 1 saturated heterocycles. The fraction of sp³-hybridized carbons (Fsp3) is 0.643. The standard InChI is InChI=1S/C14H21N3O5S2/c1-2-8-24(21,22)17-7-3-4-11(17)13(18)15-6-5-12-16-10(9-23-12)14(19)20/h9,11H,2-8H2,1H3,(H,15,18)(H,19,20). The number of carbonyl (C=O) groups is 2. The summed E-state index contributed by atoms with van der Waals surface area (Å²) in [7, 11) is -3.39. The van der Waals surface area contributed by atoms with Crippen molar-refractivity contribution in [2.75, 3.05) is 18.8 Å². The van der Waals surface area contributed by atoms with Crippen molar-refractivity contribution in [1.82, 2.24) is 14.6 Å². The number of amides is 1. The first kappa shape index (κ1) is 18.8. The molecule has 1 unspecified atom stereocenters. The molecule has 2 heterocycles. The molecule has 0 bridgehead atoms. The van der Waals surface area contributed by atoms with Crippen LogP contribution in [0.25, 0.3) is 0 Å². The Bertz CT molecular complexity index is 701. The number of rotatable bonds is 8. The molecule has 1 aromatic heterocycles. The van der Waals surface area contributed by atoms with E-state index in [0.717, 1.165) is 0 Å². The fourth-order valence-corrected chi connectivity index (χ4v) is 5.16. The van der Waals surface area contributed by atoms with Crippen molar-refractivity contribution in [3.8, 4) is 0 Å². The summed E-state index contributed by atoms with van der Waals surface area (Å²) in [6, 6.07) is -0.646. The van der Waals surface area contributed by atoms with Gasteiger partial charge in [-0.2, -0.15) is 4.31 Å². The van der Waals surface area contributed by atoms with Crippen LogP contribution in [0.3, 0.4) is 0 Å². The molecule has 1 fully saturated rings. The van der Waals surface area contributed by atoms with E-state index in [0.29, 0.717) is 43.8 Å². The maximum Gasteiger partial charge on any atom is 0.355 e. The van der Waals surface area contributed by atoms with Gasteiger partial charge in [0.2, 0.25) is 15.9 Å². The summed E-state index contributed by atoms with van der Waals surface area (Å²) in [6.45, 7) is 2.47. The highest BCUT2D eigenvalue weighted by Crippen LogP contribution is 2.22. The average molecular weight is 375 g/mol. The van der Waals surface area contributed by atoms with Crippen LogP contribution in [0.1, 0.15) is 41.7 Å². The van der Waals surface area contributed by atoms with Gasteiger partial charge in [0.25, 0.3) is 0 Å². The van der Waals surface area contributed by atoms with E-state index in [2.05, 4.69) is 10.3 Å². The molecular formula is C14H21N3O5S2. The lowest BCUT2D eigenvalue weighted by atomic mass is 10.2. The first-order valence-electron chi connectivity index (χ1n) is 7.80. The van der Waals surface area contributed by atoms with Gasteiger partial charge in [0.1, 0.15) is 6.04 Å². The number of carbonyl (C=O) groups excluding carboxylic acids is 1. The molecule has 2 N–H and O–H groups in total. The number of nitrogens with zero attached hydrogens (tertiary/aromatic N) is 2. The Morgan fingerprint density at radius 2 is 2.25 bits per heavy atom. The SMILES string of the molecule is CCCS(=O)(=O)N1CCCC1C(=O)NCCc1nc(C(=O)O)cs1. The minimum Gasteiger partial charge on any atom is -0.476 e. The molecule has 24 heavy (non-hydrogen) atoms. The summed E-state index contributed by atoms with van der Waals surface area (Å²) in [6.07, 6.45) is 2.13. The van der Waals surface area contributed by atoms with E-state index in [-0.39, 0.29) is 17.4 Å². The second-order valence-electron chi connectivity index (χ2n) is 5.56. The molecule has 8 nitrogen and oxygen atoms in total. The van der Waals surface area contributed by atoms with Gasteiger partial charge in [-0.1, -0.05) is 6.92 Å². The summed E-state index contributed by atoms with van der Waals surface area (Å²) < 4.78 is 25.7. The largest absolute Gasteiger partial charge is 0.476 e. The Labute approximate surface area is 144 Å². The molecule has 0 saturated carbocycles. The van der Waals surface area contributed by atoms with Crippen LogP contribution in [0, 0.1) is 0 Å². The number of sulfonamides is 1. The second-order valence-corrected chi connectivity index (χ2v) is 8.54. The molecule has 1 atom stereocenters. The Morgan fingerprint density at radius 1 is 1.50 bits per heavy atom. The first-order chi connectivity index (χ1) is 11.3. The van der Waals surface area contributed by atoms with Crippen LogP contribution in [0.2, 0.25) is 0 Å². The lowest BCUT2D eigenvalue weighted by Crippen LogP contribution is -2.46. The van der Waals surface area contributed by atoms with Crippen LogP contribution in [0.5, 0.6) is 0 Å². The van der Waals surface area contributed by atoms with Gasteiger partial charge in [-0.3, -0.25) is 4.79 Å². The zero-order valence-electron chi connectivity index (χ0n) is 13.4. The van der Waals surface area contributed by atoms with E-state index in [1.807, 2.05) is 0 Å². The smallest absolute Gasteiger partial charge is 0.355 e. The van der Waals surface area contributed by atoms with E-state index in [9.17, 15) is 18.0 Å². The molecule has 134 valence electrons. The Balaban J connectivity index is 1.88. The summed E-state index contributed by atoms with van der Waals surface area (Å²) >= 11 is 1.22. The van der Waals surface area contributed by atoms with Gasteiger partial charge in [0.15, 0.2) is 5.69 Å². The molecule has 10 heteroatoms. The normalized spacial score (nSPS) is 18.6. The average Bonchev–Trinajstić information content (AvgIpc) is 3.16. The number of aromatic carboxylic acids is 1. The van der Waals surface area contributed by atoms with Crippen molar-refractivity contribution in [1.29, 1.82) is 0 Å².